The standard InChI is InChI=1S/C104H76N4O6/c1-65(75-53-23-35-69-29-5-11-41-79(69)75)105(99(109)93-59-60-94(86-48-18-17-47-85(86)93)103(113)107(67(3)77-55-25-37-71-31-7-13-43-81(71)77)101(111)91-57-27-39-73-33-9-15-45-83(73)91)97-63-61-95(87-49-19-21-51-89(87)97)100(110)106(66(2)76-54-24-36-70-30-6-12-42-80(70)76)98-64-62-96(88-50-20-22-52-90(88)98)104(114)108(68(4)78-56-26-38-72-32-8-14-44-82(72)78)102(112)92-58-28-40-74-34-10-16-46-84(74)92/h5-68H,1-4H3/t65-,66-,67?,68-/m0/s1. The first kappa shape index (κ1) is 71.1. The van der Waals surface area contributed by atoms with E-state index in [2.05, 4.69) is 42.5 Å². The van der Waals surface area contributed by atoms with E-state index in [1.807, 2.05) is 329 Å². The molecule has 0 aliphatic rings. The molecule has 6 amide bonds. The number of nitrogens with zero attached hydrogens (tertiary/aromatic N) is 4. The number of fused-ring (bicyclic) bond motifs is 9. The maximum absolute atomic E-state index is 17.0. The predicted molar refractivity (Wildman–Crippen MR) is 464 cm³/mol. The van der Waals surface area contributed by atoms with Crippen LogP contribution in [0.5, 0.6) is 0 Å². The molecule has 18 rings (SSSR count). The van der Waals surface area contributed by atoms with Crippen LogP contribution in [0.25, 0.3) is 97.0 Å². The van der Waals surface area contributed by atoms with Crippen LogP contribution in [0.15, 0.2) is 364 Å². The Labute approximate surface area is 659 Å². The Kier molecular flexibility index (Phi) is 18.6. The highest BCUT2D eigenvalue weighted by Crippen LogP contribution is 2.45. The maximum atomic E-state index is 17.0. The molecule has 0 aliphatic carbocycles. The van der Waals surface area contributed by atoms with Crippen molar-refractivity contribution in [3.05, 3.63) is 420 Å². The van der Waals surface area contributed by atoms with Crippen molar-refractivity contribution in [2.24, 2.45) is 0 Å². The summed E-state index contributed by atoms with van der Waals surface area (Å²) in [6.07, 6.45) is 0. The molecular weight excluding hydrogens is 1400 g/mol. The number of imide groups is 2. The van der Waals surface area contributed by atoms with Crippen LogP contribution in [0.2, 0.25) is 0 Å². The lowest BCUT2D eigenvalue weighted by atomic mass is 9.92. The minimum Gasteiger partial charge on any atom is -0.300 e. The Balaban J connectivity index is 0.780. The number of rotatable bonds is 16. The van der Waals surface area contributed by atoms with E-state index in [1.54, 1.807) is 30.3 Å². The van der Waals surface area contributed by atoms with E-state index in [9.17, 15) is 0 Å². The van der Waals surface area contributed by atoms with Crippen LogP contribution in [0.1, 0.15) is 136 Å². The summed E-state index contributed by atoms with van der Waals surface area (Å²) in [6.45, 7) is 7.86. The number of amides is 6. The quantitative estimate of drug-likeness (QED) is 0.0890. The molecule has 18 aromatic carbocycles. The molecule has 0 bridgehead atoms. The first-order valence-corrected chi connectivity index (χ1v) is 38.7. The number of hydrogen-bond donors (Lipinski definition) is 0. The van der Waals surface area contributed by atoms with E-state index in [1.165, 1.54) is 9.80 Å². The highest BCUT2D eigenvalue weighted by Gasteiger charge is 2.38. The van der Waals surface area contributed by atoms with Crippen LogP contribution < -0.4 is 9.80 Å². The average Bonchev–Trinajstić information content (AvgIpc) is 0.737. The third-order valence-electron chi connectivity index (χ3n) is 23.2. The topological polar surface area (TPSA) is 115 Å². The molecule has 0 aliphatic heterocycles. The van der Waals surface area contributed by atoms with E-state index in [4.69, 9.17) is 0 Å². The minimum atomic E-state index is -0.757. The van der Waals surface area contributed by atoms with Gasteiger partial charge in [0.15, 0.2) is 0 Å². The number of hydrogen-bond acceptors (Lipinski definition) is 6. The van der Waals surface area contributed by atoms with E-state index in [-0.39, 0.29) is 22.9 Å². The molecular formula is C104H76N4O6. The lowest BCUT2D eigenvalue weighted by Gasteiger charge is -2.34. The van der Waals surface area contributed by atoms with Crippen molar-refractivity contribution in [2.75, 3.05) is 9.80 Å². The van der Waals surface area contributed by atoms with Crippen LogP contribution in [-0.4, -0.2) is 45.2 Å². The molecule has 0 aromatic heterocycles. The first-order chi connectivity index (χ1) is 55.8. The Morgan fingerprint density at radius 2 is 0.368 bits per heavy atom. The Morgan fingerprint density at radius 3 is 0.667 bits per heavy atom. The van der Waals surface area contributed by atoms with Gasteiger partial charge in [-0.3, -0.25) is 38.6 Å². The van der Waals surface area contributed by atoms with E-state index < -0.39 is 47.8 Å². The predicted octanol–water partition coefficient (Wildman–Crippen LogP) is 25.0. The lowest BCUT2D eigenvalue weighted by molar-refractivity contribution is 0.0543. The summed E-state index contributed by atoms with van der Waals surface area (Å²) in [4.78, 5) is 104. The SMILES string of the molecule is CC(c1cccc2ccccc12)N(C(=O)c1cccc2ccccc12)C(=O)c1ccc(C(=O)N(c2ccc(C(=O)N(c3ccc(C(=O)N(C(=O)c4cccc5ccccc45)[C@@H](C)c4cccc5ccccc45)c4ccccc34)[C@@H](C)c3cccc4ccccc34)c3ccccc23)[C@@H](C)c2cccc3ccccc23)c2ccccc12. The number of benzene rings is 18. The summed E-state index contributed by atoms with van der Waals surface area (Å²) < 4.78 is 0. The van der Waals surface area contributed by atoms with Gasteiger partial charge in [0.1, 0.15) is 0 Å². The molecule has 1 unspecified atom stereocenters. The van der Waals surface area contributed by atoms with Crippen LogP contribution in [0.3, 0.4) is 0 Å². The average molecular weight is 1480 g/mol. The second-order valence-corrected chi connectivity index (χ2v) is 29.4. The lowest BCUT2D eigenvalue weighted by Crippen LogP contribution is -2.39. The van der Waals surface area contributed by atoms with Gasteiger partial charge < -0.3 is 9.80 Å². The summed E-state index contributed by atoms with van der Waals surface area (Å²) in [7, 11) is 0. The van der Waals surface area contributed by atoms with Crippen LogP contribution in [0, 0.1) is 0 Å². The number of carbonyl (C=O) groups is 6. The Morgan fingerprint density at radius 1 is 0.175 bits per heavy atom. The van der Waals surface area contributed by atoms with Gasteiger partial charge in [0.25, 0.3) is 35.4 Å². The minimum absolute atomic E-state index is 0.238. The van der Waals surface area contributed by atoms with Gasteiger partial charge in [-0.2, -0.15) is 0 Å². The molecule has 18 aromatic rings. The molecule has 4 atom stereocenters. The number of carbonyl (C=O) groups excluding carboxylic acids is 6. The second kappa shape index (κ2) is 29.7. The van der Waals surface area contributed by atoms with Crippen molar-refractivity contribution in [3.8, 4) is 0 Å². The molecule has 0 spiro atoms. The number of anilines is 2. The zero-order valence-electron chi connectivity index (χ0n) is 63.2. The van der Waals surface area contributed by atoms with Crippen LogP contribution >= 0.6 is 0 Å². The van der Waals surface area contributed by atoms with Crippen LogP contribution in [-0.2, 0) is 0 Å². The van der Waals surface area contributed by atoms with Gasteiger partial charge in [0.05, 0.1) is 35.5 Å². The highest BCUT2D eigenvalue weighted by atomic mass is 16.2. The maximum Gasteiger partial charge on any atom is 0.261 e. The molecule has 0 N–H and O–H groups in total. The summed E-state index contributed by atoms with van der Waals surface area (Å²) in [6, 6.07) is 114. The normalized spacial score (nSPS) is 12.6. The van der Waals surface area contributed by atoms with Crippen LogP contribution in [0.4, 0.5) is 11.4 Å². The Hall–Kier alpha value is -14.5. The second-order valence-electron chi connectivity index (χ2n) is 29.4. The van der Waals surface area contributed by atoms with Crippen molar-refractivity contribution < 1.29 is 28.8 Å². The van der Waals surface area contributed by atoms with Gasteiger partial charge in [0.2, 0.25) is 0 Å². The van der Waals surface area contributed by atoms with Gasteiger partial charge in [-0.05, 0) is 185 Å². The zero-order valence-corrected chi connectivity index (χ0v) is 63.2. The summed E-state index contributed by atoms with van der Waals surface area (Å²) in [5, 5.41) is 14.1. The molecule has 114 heavy (non-hydrogen) atoms. The third kappa shape index (κ3) is 12.3. The fraction of sp³-hybridized carbons (Fsp3) is 0.0769. The van der Waals surface area contributed by atoms with Crippen molar-refractivity contribution in [1.82, 2.24) is 9.80 Å². The smallest absolute Gasteiger partial charge is 0.261 e. The molecule has 10 heteroatoms. The fourth-order valence-electron chi connectivity index (χ4n) is 17.5. The van der Waals surface area contributed by atoms with Crippen molar-refractivity contribution >= 4 is 144 Å². The summed E-state index contributed by atoms with van der Waals surface area (Å²) >= 11 is 0. The fourth-order valence-corrected chi connectivity index (χ4v) is 17.5. The van der Waals surface area contributed by atoms with Gasteiger partial charge in [-0.1, -0.05) is 315 Å². The van der Waals surface area contributed by atoms with Gasteiger partial charge in [-0.15, -0.1) is 0 Å². The van der Waals surface area contributed by atoms with Crippen molar-refractivity contribution in [3.63, 3.8) is 0 Å². The van der Waals surface area contributed by atoms with E-state index in [0.29, 0.717) is 71.3 Å². The molecule has 0 fully saturated rings. The highest BCUT2D eigenvalue weighted by molar-refractivity contribution is 6.26. The molecule has 0 saturated carbocycles. The summed E-state index contributed by atoms with van der Waals surface area (Å²) in [5.41, 5.74) is 6.33. The van der Waals surface area contributed by atoms with E-state index in [0.717, 1.165) is 81.5 Å². The molecule has 10 nitrogen and oxygen atoms in total. The molecule has 0 radical (unpaired) electrons. The van der Waals surface area contributed by atoms with Gasteiger partial charge >= 0.3 is 0 Å². The summed E-state index contributed by atoms with van der Waals surface area (Å²) in [5.74, 6) is -2.69. The Bertz CT molecular complexity index is 6950. The van der Waals surface area contributed by atoms with Crippen molar-refractivity contribution in [2.45, 2.75) is 51.9 Å². The van der Waals surface area contributed by atoms with Crippen molar-refractivity contribution in [1.29, 1.82) is 0 Å². The molecule has 0 saturated heterocycles. The van der Waals surface area contributed by atoms with E-state index >= 15 is 28.8 Å². The molecule has 0 heterocycles. The first-order valence-electron chi connectivity index (χ1n) is 38.7. The third-order valence-corrected chi connectivity index (χ3v) is 23.2. The van der Waals surface area contributed by atoms with Gasteiger partial charge in [-0.25, -0.2) is 0 Å². The zero-order chi connectivity index (χ0) is 77.8. The van der Waals surface area contributed by atoms with Gasteiger partial charge in [0, 0.05) is 44.2 Å². The molecule has 548 valence electrons. The monoisotopic (exact) mass is 1480 g/mol. The largest absolute Gasteiger partial charge is 0.300 e.